The number of benzene rings is 1. The minimum Gasteiger partial charge on any atom is -0.392 e. The van der Waals surface area contributed by atoms with E-state index in [1.807, 2.05) is 0 Å². The van der Waals surface area contributed by atoms with Gasteiger partial charge in [0.15, 0.2) is 0 Å². The lowest BCUT2D eigenvalue weighted by Gasteiger charge is -2.11. The van der Waals surface area contributed by atoms with E-state index in [9.17, 15) is 8.42 Å². The highest BCUT2D eigenvalue weighted by Gasteiger charge is 2.16. The largest absolute Gasteiger partial charge is 0.392 e. The van der Waals surface area contributed by atoms with Gasteiger partial charge in [-0.3, -0.25) is 4.72 Å². The third kappa shape index (κ3) is 3.23. The molecule has 5 nitrogen and oxygen atoms in total. The molecule has 0 saturated heterocycles. The Morgan fingerprint density at radius 2 is 2.00 bits per heavy atom. The number of nitrogens with zero attached hydrogens (tertiary/aromatic N) is 1. The lowest BCUT2D eigenvalue weighted by molar-refractivity contribution is 0.282. The second-order valence-electron chi connectivity index (χ2n) is 3.74. The highest BCUT2D eigenvalue weighted by Crippen LogP contribution is 2.20. The van der Waals surface area contributed by atoms with Crippen molar-refractivity contribution in [3.63, 3.8) is 0 Å². The molecule has 0 saturated carbocycles. The first-order valence-corrected chi connectivity index (χ1v) is 7.22. The lowest BCUT2D eigenvalue weighted by atomic mass is 10.2. The maximum Gasteiger partial charge on any atom is 0.262 e. The van der Waals surface area contributed by atoms with Gasteiger partial charge < -0.3 is 5.11 Å². The molecule has 100 valence electrons. The predicted molar refractivity (Wildman–Crippen MR) is 72.4 cm³/mol. The molecule has 0 amide bonds. The fourth-order valence-corrected chi connectivity index (χ4v) is 2.87. The molecule has 0 radical (unpaired) electrons. The molecule has 2 aromatic rings. The number of halogens is 1. The van der Waals surface area contributed by atoms with Crippen molar-refractivity contribution >= 4 is 27.3 Å². The molecular formula is C12H11ClN2O3S. The van der Waals surface area contributed by atoms with Crippen LogP contribution in [0.3, 0.4) is 0 Å². The lowest BCUT2D eigenvalue weighted by Crippen LogP contribution is -2.14. The summed E-state index contributed by atoms with van der Waals surface area (Å²) in [7, 11) is -3.75. The number of rotatable bonds is 4. The van der Waals surface area contributed by atoms with Crippen LogP contribution in [0.1, 0.15) is 5.56 Å². The van der Waals surface area contributed by atoms with Crippen molar-refractivity contribution in [3.8, 4) is 0 Å². The summed E-state index contributed by atoms with van der Waals surface area (Å²) in [6.45, 7) is -0.254. The zero-order valence-electron chi connectivity index (χ0n) is 9.75. The first-order chi connectivity index (χ1) is 9.03. The van der Waals surface area contributed by atoms with Gasteiger partial charge in [-0.05, 0) is 18.2 Å². The Labute approximate surface area is 115 Å². The molecule has 7 heteroatoms. The Morgan fingerprint density at radius 1 is 1.26 bits per heavy atom. The van der Waals surface area contributed by atoms with Gasteiger partial charge >= 0.3 is 0 Å². The van der Waals surface area contributed by atoms with Crippen molar-refractivity contribution < 1.29 is 13.5 Å². The fraction of sp³-hybridized carbons (Fsp3) is 0.0833. The zero-order chi connectivity index (χ0) is 13.9. The van der Waals surface area contributed by atoms with E-state index in [0.29, 0.717) is 11.3 Å². The first-order valence-electron chi connectivity index (χ1n) is 5.36. The SMILES string of the molecule is O=S(=O)(Nc1ccccc1CO)c1ccnc(Cl)c1. The molecule has 1 aromatic heterocycles. The molecule has 0 aliphatic carbocycles. The highest BCUT2D eigenvalue weighted by molar-refractivity contribution is 7.92. The average molecular weight is 299 g/mol. The average Bonchev–Trinajstić information content (AvgIpc) is 2.39. The van der Waals surface area contributed by atoms with Gasteiger partial charge in [0.05, 0.1) is 17.2 Å². The Balaban J connectivity index is 2.37. The van der Waals surface area contributed by atoms with Crippen molar-refractivity contribution in [2.45, 2.75) is 11.5 Å². The molecule has 0 unspecified atom stereocenters. The number of anilines is 1. The van der Waals surface area contributed by atoms with Crippen LogP contribution in [0.15, 0.2) is 47.5 Å². The summed E-state index contributed by atoms with van der Waals surface area (Å²) in [5.74, 6) is 0. The Morgan fingerprint density at radius 3 is 2.68 bits per heavy atom. The van der Waals surface area contributed by atoms with E-state index in [2.05, 4.69) is 9.71 Å². The van der Waals surface area contributed by atoms with Gasteiger partial charge in [0, 0.05) is 11.8 Å². The first kappa shape index (κ1) is 13.8. The smallest absolute Gasteiger partial charge is 0.262 e. The van der Waals surface area contributed by atoms with Crippen LogP contribution in [-0.2, 0) is 16.6 Å². The maximum atomic E-state index is 12.1. The number of nitrogens with one attached hydrogen (secondary N) is 1. The highest BCUT2D eigenvalue weighted by atomic mass is 35.5. The maximum absolute atomic E-state index is 12.1. The summed E-state index contributed by atoms with van der Waals surface area (Å²) in [6.07, 6.45) is 1.31. The second-order valence-corrected chi connectivity index (χ2v) is 5.80. The number of pyridine rings is 1. The summed E-state index contributed by atoms with van der Waals surface area (Å²) >= 11 is 5.67. The molecule has 0 bridgehead atoms. The van der Waals surface area contributed by atoms with Crippen molar-refractivity contribution in [1.82, 2.24) is 4.98 Å². The molecule has 2 N–H and O–H groups in total. The normalized spacial score (nSPS) is 11.3. The topological polar surface area (TPSA) is 79.3 Å². The van der Waals surface area contributed by atoms with E-state index in [-0.39, 0.29) is 16.7 Å². The van der Waals surface area contributed by atoms with E-state index in [1.54, 1.807) is 24.3 Å². The zero-order valence-corrected chi connectivity index (χ0v) is 11.3. The van der Waals surface area contributed by atoms with Crippen molar-refractivity contribution in [2.75, 3.05) is 4.72 Å². The number of aromatic nitrogens is 1. The third-order valence-corrected chi connectivity index (χ3v) is 4.01. The minimum atomic E-state index is -3.75. The molecule has 0 aliphatic rings. The van der Waals surface area contributed by atoms with Gasteiger partial charge in [-0.1, -0.05) is 29.8 Å². The molecule has 0 fully saturated rings. The monoisotopic (exact) mass is 298 g/mol. The van der Waals surface area contributed by atoms with Gasteiger partial charge in [-0.2, -0.15) is 0 Å². The molecule has 1 aromatic carbocycles. The number of aliphatic hydroxyl groups is 1. The summed E-state index contributed by atoms with van der Waals surface area (Å²) < 4.78 is 26.7. The van der Waals surface area contributed by atoms with Gasteiger partial charge in [-0.25, -0.2) is 13.4 Å². The Bertz CT molecular complexity index is 689. The van der Waals surface area contributed by atoms with Crippen molar-refractivity contribution in [1.29, 1.82) is 0 Å². The molecular weight excluding hydrogens is 288 g/mol. The van der Waals surface area contributed by atoms with Crippen LogP contribution in [0.5, 0.6) is 0 Å². The predicted octanol–water partition coefficient (Wildman–Crippen LogP) is 2.03. The number of hydrogen-bond donors (Lipinski definition) is 2. The molecule has 0 atom stereocenters. The third-order valence-electron chi connectivity index (χ3n) is 2.44. The minimum absolute atomic E-state index is 0.0141. The van der Waals surface area contributed by atoms with Crippen LogP contribution in [0.25, 0.3) is 0 Å². The standard InChI is InChI=1S/C12H11ClN2O3S/c13-12-7-10(5-6-14-12)19(17,18)15-11-4-2-1-3-9(11)8-16/h1-7,15-16H,8H2. The van der Waals surface area contributed by atoms with Gasteiger partial charge in [0.2, 0.25) is 0 Å². The Hall–Kier alpha value is -1.63. The van der Waals surface area contributed by atoms with Crippen LogP contribution >= 0.6 is 11.6 Å². The van der Waals surface area contributed by atoms with Crippen molar-refractivity contribution in [2.24, 2.45) is 0 Å². The summed E-state index contributed by atoms with van der Waals surface area (Å²) in [6, 6.07) is 9.20. The van der Waals surface area contributed by atoms with Gasteiger partial charge in [0.1, 0.15) is 5.15 Å². The number of sulfonamides is 1. The van der Waals surface area contributed by atoms with E-state index in [1.165, 1.54) is 18.3 Å². The summed E-state index contributed by atoms with van der Waals surface area (Å²) in [4.78, 5) is 3.74. The van der Waals surface area contributed by atoms with E-state index < -0.39 is 10.0 Å². The fourth-order valence-electron chi connectivity index (χ4n) is 1.51. The van der Waals surface area contributed by atoms with E-state index >= 15 is 0 Å². The van der Waals surface area contributed by atoms with Gasteiger partial charge in [-0.15, -0.1) is 0 Å². The van der Waals surface area contributed by atoms with Crippen LogP contribution in [-0.4, -0.2) is 18.5 Å². The molecule has 1 heterocycles. The van der Waals surface area contributed by atoms with Crippen LogP contribution in [0, 0.1) is 0 Å². The second kappa shape index (κ2) is 5.56. The Kier molecular flexibility index (Phi) is 4.04. The molecule has 19 heavy (non-hydrogen) atoms. The van der Waals surface area contributed by atoms with E-state index in [0.717, 1.165) is 0 Å². The number of aliphatic hydroxyl groups excluding tert-OH is 1. The summed E-state index contributed by atoms with van der Waals surface area (Å²) in [5, 5.41) is 9.26. The van der Waals surface area contributed by atoms with E-state index in [4.69, 9.17) is 16.7 Å². The van der Waals surface area contributed by atoms with Crippen LogP contribution in [0.2, 0.25) is 5.15 Å². The molecule has 0 spiro atoms. The number of hydrogen-bond acceptors (Lipinski definition) is 4. The summed E-state index contributed by atoms with van der Waals surface area (Å²) in [5.41, 5.74) is 0.823. The van der Waals surface area contributed by atoms with Crippen LogP contribution in [0.4, 0.5) is 5.69 Å². The quantitative estimate of drug-likeness (QED) is 0.847. The van der Waals surface area contributed by atoms with Crippen molar-refractivity contribution in [3.05, 3.63) is 53.3 Å². The number of para-hydroxylation sites is 1. The van der Waals surface area contributed by atoms with Gasteiger partial charge in [0.25, 0.3) is 10.0 Å². The molecule has 0 aliphatic heterocycles. The van der Waals surface area contributed by atoms with Crippen LogP contribution < -0.4 is 4.72 Å². The molecule has 2 rings (SSSR count).